The van der Waals surface area contributed by atoms with E-state index in [9.17, 15) is 14.9 Å². The van der Waals surface area contributed by atoms with Crippen molar-refractivity contribution in [1.82, 2.24) is 5.43 Å². The lowest BCUT2D eigenvalue weighted by molar-refractivity contribution is -0.384. The summed E-state index contributed by atoms with van der Waals surface area (Å²) < 4.78 is 10.6. The molecule has 1 N–H and O–H groups in total. The fourth-order valence-corrected chi connectivity index (χ4v) is 2.37. The van der Waals surface area contributed by atoms with Crippen LogP contribution in [0.1, 0.15) is 16.1 Å². The molecule has 0 fully saturated rings. The van der Waals surface area contributed by atoms with Crippen LogP contribution in [-0.2, 0) is 0 Å². The third-order valence-electron chi connectivity index (χ3n) is 3.70. The fourth-order valence-electron chi connectivity index (χ4n) is 2.37. The van der Waals surface area contributed by atoms with Gasteiger partial charge < -0.3 is 9.15 Å². The second-order valence-corrected chi connectivity index (χ2v) is 5.40. The summed E-state index contributed by atoms with van der Waals surface area (Å²) in [6.07, 6.45) is 1.32. The Morgan fingerprint density at radius 2 is 1.89 bits per heavy atom. The van der Waals surface area contributed by atoms with Crippen LogP contribution in [0.2, 0.25) is 0 Å². The van der Waals surface area contributed by atoms with Crippen LogP contribution >= 0.6 is 0 Å². The first-order chi connectivity index (χ1) is 13.1. The van der Waals surface area contributed by atoms with Gasteiger partial charge in [-0.05, 0) is 42.5 Å². The molecule has 3 rings (SSSR count). The molecule has 0 atom stereocenters. The molecule has 0 bridgehead atoms. The predicted molar refractivity (Wildman–Crippen MR) is 98.9 cm³/mol. The fraction of sp³-hybridized carbons (Fsp3) is 0.0526. The number of rotatable bonds is 6. The number of hydrogen-bond acceptors (Lipinski definition) is 6. The smallest absolute Gasteiger partial charge is 0.280 e. The van der Waals surface area contributed by atoms with Crippen LogP contribution in [0.4, 0.5) is 5.69 Å². The van der Waals surface area contributed by atoms with Crippen LogP contribution in [0.3, 0.4) is 0 Å². The first kappa shape index (κ1) is 17.9. The highest BCUT2D eigenvalue weighted by atomic mass is 16.6. The highest BCUT2D eigenvalue weighted by molar-refractivity contribution is 5.94. The van der Waals surface area contributed by atoms with Crippen LogP contribution in [0.25, 0.3) is 11.3 Å². The van der Waals surface area contributed by atoms with E-state index in [4.69, 9.17) is 9.15 Å². The number of carbonyl (C=O) groups excluding carboxylic acids is 1. The number of furan rings is 1. The number of amides is 1. The largest absolute Gasteiger partial charge is 0.497 e. The average Bonchev–Trinajstić information content (AvgIpc) is 3.16. The lowest BCUT2D eigenvalue weighted by Gasteiger charge is -2.01. The van der Waals surface area contributed by atoms with Gasteiger partial charge in [-0.2, -0.15) is 5.10 Å². The number of hydrazone groups is 1. The number of methoxy groups -OCH3 is 1. The molecule has 3 aromatic rings. The standard InChI is InChI=1S/C19H15N3O5/c1-26-14-8-6-13(7-9-14)19(23)21-20-12-15-10-11-18(27-15)16-4-2-3-5-17(16)22(24)25/h2-12H,1H3,(H,21,23)/b20-12+. The minimum Gasteiger partial charge on any atom is -0.497 e. The zero-order valence-corrected chi connectivity index (χ0v) is 14.3. The van der Waals surface area contributed by atoms with E-state index in [1.807, 2.05) is 0 Å². The van der Waals surface area contributed by atoms with E-state index >= 15 is 0 Å². The van der Waals surface area contributed by atoms with E-state index in [-0.39, 0.29) is 11.6 Å². The van der Waals surface area contributed by atoms with Crippen molar-refractivity contribution >= 4 is 17.8 Å². The molecule has 8 heteroatoms. The van der Waals surface area contributed by atoms with E-state index < -0.39 is 4.92 Å². The second kappa shape index (κ2) is 7.96. The van der Waals surface area contributed by atoms with E-state index in [0.717, 1.165) is 0 Å². The Morgan fingerprint density at radius 1 is 1.15 bits per heavy atom. The number of nitrogens with zero attached hydrogens (tertiary/aromatic N) is 2. The number of nitrogens with one attached hydrogen (secondary N) is 1. The van der Waals surface area contributed by atoms with Crippen LogP contribution in [0.15, 0.2) is 70.2 Å². The molecule has 0 aliphatic rings. The molecule has 8 nitrogen and oxygen atoms in total. The van der Waals surface area contributed by atoms with Gasteiger partial charge in [0.25, 0.3) is 11.6 Å². The van der Waals surface area contributed by atoms with Crippen LogP contribution in [-0.4, -0.2) is 24.2 Å². The lowest BCUT2D eigenvalue weighted by Crippen LogP contribution is -2.17. The molecule has 0 saturated heterocycles. The normalized spacial score (nSPS) is 10.7. The van der Waals surface area contributed by atoms with Gasteiger partial charge in [0.15, 0.2) is 0 Å². The number of benzene rings is 2. The molecule has 136 valence electrons. The van der Waals surface area contributed by atoms with Crippen molar-refractivity contribution in [2.45, 2.75) is 0 Å². The van der Waals surface area contributed by atoms with Crippen molar-refractivity contribution in [2.24, 2.45) is 5.10 Å². The summed E-state index contributed by atoms with van der Waals surface area (Å²) in [5, 5.41) is 14.9. The molecule has 27 heavy (non-hydrogen) atoms. The Hall–Kier alpha value is -3.94. The molecule has 0 radical (unpaired) electrons. The van der Waals surface area contributed by atoms with Gasteiger partial charge >= 0.3 is 0 Å². The van der Waals surface area contributed by atoms with Gasteiger partial charge in [-0.1, -0.05) is 12.1 Å². The molecule has 0 unspecified atom stereocenters. The lowest BCUT2D eigenvalue weighted by atomic mass is 10.1. The molecular weight excluding hydrogens is 350 g/mol. The van der Waals surface area contributed by atoms with Crippen molar-refractivity contribution in [2.75, 3.05) is 7.11 Å². The van der Waals surface area contributed by atoms with Crippen molar-refractivity contribution in [3.63, 3.8) is 0 Å². The van der Waals surface area contributed by atoms with Crippen molar-refractivity contribution in [1.29, 1.82) is 0 Å². The summed E-state index contributed by atoms with van der Waals surface area (Å²) in [6.45, 7) is 0. The number of nitro groups is 1. The summed E-state index contributed by atoms with van der Waals surface area (Å²) in [5.41, 5.74) is 3.12. The summed E-state index contributed by atoms with van der Waals surface area (Å²) in [5.74, 6) is 0.941. The Bertz CT molecular complexity index is 993. The highest BCUT2D eigenvalue weighted by Crippen LogP contribution is 2.30. The van der Waals surface area contributed by atoms with Crippen LogP contribution < -0.4 is 10.2 Å². The zero-order valence-electron chi connectivity index (χ0n) is 14.3. The Balaban J connectivity index is 1.69. The third-order valence-corrected chi connectivity index (χ3v) is 3.70. The van der Waals surface area contributed by atoms with Crippen molar-refractivity contribution < 1.29 is 18.9 Å². The Labute approximate surface area is 154 Å². The number of para-hydroxylation sites is 1. The molecule has 0 spiro atoms. The first-order valence-corrected chi connectivity index (χ1v) is 7.89. The Morgan fingerprint density at radius 3 is 2.59 bits per heavy atom. The maximum Gasteiger partial charge on any atom is 0.280 e. The molecule has 0 aliphatic heterocycles. The predicted octanol–water partition coefficient (Wildman–Crippen LogP) is 3.63. The minimum atomic E-state index is -0.472. The molecule has 0 aliphatic carbocycles. The van der Waals surface area contributed by atoms with E-state index in [1.54, 1.807) is 61.7 Å². The number of hydrogen-bond donors (Lipinski definition) is 1. The van der Waals surface area contributed by atoms with Gasteiger partial charge in [0.05, 0.1) is 23.8 Å². The molecular formula is C19H15N3O5. The van der Waals surface area contributed by atoms with Crippen molar-refractivity contribution in [3.8, 4) is 17.1 Å². The monoisotopic (exact) mass is 365 g/mol. The number of ether oxygens (including phenoxy) is 1. The van der Waals surface area contributed by atoms with Crippen molar-refractivity contribution in [3.05, 3.63) is 82.1 Å². The van der Waals surface area contributed by atoms with E-state index in [1.165, 1.54) is 12.3 Å². The third kappa shape index (κ3) is 4.18. The van der Waals surface area contributed by atoms with Gasteiger partial charge in [0, 0.05) is 11.6 Å². The first-order valence-electron chi connectivity index (χ1n) is 7.89. The number of nitro benzene ring substituents is 1. The maximum absolute atomic E-state index is 12.0. The van der Waals surface area contributed by atoms with Gasteiger partial charge in [0.1, 0.15) is 17.3 Å². The van der Waals surface area contributed by atoms with Gasteiger partial charge in [0.2, 0.25) is 0 Å². The second-order valence-electron chi connectivity index (χ2n) is 5.40. The molecule has 0 saturated carbocycles. The Kier molecular flexibility index (Phi) is 5.27. The molecule has 1 heterocycles. The van der Waals surface area contributed by atoms with E-state index in [0.29, 0.717) is 28.4 Å². The summed E-state index contributed by atoms with van der Waals surface area (Å²) >= 11 is 0. The van der Waals surface area contributed by atoms with E-state index in [2.05, 4.69) is 10.5 Å². The summed E-state index contributed by atoms with van der Waals surface area (Å²) in [7, 11) is 1.54. The maximum atomic E-state index is 12.0. The number of carbonyl (C=O) groups is 1. The van der Waals surface area contributed by atoms with Crippen LogP contribution in [0, 0.1) is 10.1 Å². The van der Waals surface area contributed by atoms with Crippen LogP contribution in [0.5, 0.6) is 5.75 Å². The topological polar surface area (TPSA) is 107 Å². The van der Waals surface area contributed by atoms with Gasteiger partial charge in [-0.25, -0.2) is 5.43 Å². The summed E-state index contributed by atoms with van der Waals surface area (Å²) in [6, 6.07) is 16.1. The molecule has 2 aromatic carbocycles. The van der Waals surface area contributed by atoms with Gasteiger partial charge in [-0.15, -0.1) is 0 Å². The molecule has 1 amide bonds. The molecule has 1 aromatic heterocycles. The highest BCUT2D eigenvalue weighted by Gasteiger charge is 2.16. The quantitative estimate of drug-likeness (QED) is 0.408. The minimum absolute atomic E-state index is 0.0526. The SMILES string of the molecule is COc1ccc(C(=O)N/N=C/c2ccc(-c3ccccc3[N+](=O)[O-])o2)cc1. The zero-order chi connectivity index (χ0) is 19.2. The van der Waals surface area contributed by atoms with Gasteiger partial charge in [-0.3, -0.25) is 14.9 Å². The summed E-state index contributed by atoms with van der Waals surface area (Å²) in [4.78, 5) is 22.6. The average molecular weight is 365 g/mol.